The molecule has 0 saturated heterocycles. The standard InChI is InChI=1S/C15H18Cl2N2O2.2ClH/c16-11-1-3-13(14(17)9-11)15-4-2-12(21-15)10-19-6-5-18-7-8-20;;/h1-4,9,18-20H,5-8,10H2;2*1H. The van der Waals surface area contributed by atoms with Gasteiger partial charge in [0, 0.05) is 30.2 Å². The van der Waals surface area contributed by atoms with E-state index in [4.69, 9.17) is 32.7 Å². The zero-order chi connectivity index (χ0) is 15.1. The summed E-state index contributed by atoms with van der Waals surface area (Å²) in [6.07, 6.45) is 0. The Kier molecular flexibility index (Phi) is 11.7. The molecule has 0 fully saturated rings. The van der Waals surface area contributed by atoms with Crippen LogP contribution < -0.4 is 10.6 Å². The minimum atomic E-state index is 0. The molecule has 0 atom stereocenters. The van der Waals surface area contributed by atoms with Crippen molar-refractivity contribution in [3.63, 3.8) is 0 Å². The molecule has 1 aromatic heterocycles. The Labute approximate surface area is 158 Å². The number of hydrogen-bond donors (Lipinski definition) is 3. The van der Waals surface area contributed by atoms with Crippen molar-refractivity contribution in [2.24, 2.45) is 0 Å². The normalized spacial score (nSPS) is 10.0. The molecule has 3 N–H and O–H groups in total. The first kappa shape index (κ1) is 22.5. The number of aliphatic hydroxyl groups is 1. The molecule has 2 aromatic rings. The summed E-state index contributed by atoms with van der Waals surface area (Å²) in [5.41, 5.74) is 0.830. The molecular formula is C15H20Cl4N2O2. The SMILES string of the molecule is Cl.Cl.OCCNCCNCc1ccc(-c2ccc(Cl)cc2Cl)o1. The van der Waals surface area contributed by atoms with E-state index in [-0.39, 0.29) is 31.4 Å². The van der Waals surface area contributed by atoms with E-state index in [0.29, 0.717) is 23.1 Å². The second-order valence-corrected chi connectivity index (χ2v) is 5.38. The lowest BCUT2D eigenvalue weighted by atomic mass is 10.2. The lowest BCUT2D eigenvalue weighted by molar-refractivity contribution is 0.292. The number of furan rings is 1. The van der Waals surface area contributed by atoms with Crippen molar-refractivity contribution in [1.82, 2.24) is 10.6 Å². The first-order valence-electron chi connectivity index (χ1n) is 6.77. The topological polar surface area (TPSA) is 57.4 Å². The Morgan fingerprint density at radius 1 is 0.957 bits per heavy atom. The average molecular weight is 402 g/mol. The number of aliphatic hydroxyl groups excluding tert-OH is 1. The van der Waals surface area contributed by atoms with E-state index in [0.717, 1.165) is 30.2 Å². The average Bonchev–Trinajstić information content (AvgIpc) is 2.91. The fourth-order valence-electron chi connectivity index (χ4n) is 1.90. The van der Waals surface area contributed by atoms with E-state index in [9.17, 15) is 0 Å². The first-order valence-corrected chi connectivity index (χ1v) is 7.52. The van der Waals surface area contributed by atoms with Crippen molar-refractivity contribution in [2.75, 3.05) is 26.2 Å². The smallest absolute Gasteiger partial charge is 0.135 e. The van der Waals surface area contributed by atoms with E-state index in [1.54, 1.807) is 12.1 Å². The molecule has 8 heteroatoms. The number of hydrogen-bond acceptors (Lipinski definition) is 4. The van der Waals surface area contributed by atoms with Gasteiger partial charge < -0.3 is 20.2 Å². The van der Waals surface area contributed by atoms with E-state index < -0.39 is 0 Å². The van der Waals surface area contributed by atoms with Gasteiger partial charge >= 0.3 is 0 Å². The van der Waals surface area contributed by atoms with Gasteiger partial charge in [-0.15, -0.1) is 24.8 Å². The third kappa shape index (κ3) is 7.31. The van der Waals surface area contributed by atoms with E-state index in [1.165, 1.54) is 0 Å². The molecular weight excluding hydrogens is 382 g/mol. The molecule has 0 spiro atoms. The van der Waals surface area contributed by atoms with Crippen molar-refractivity contribution in [3.05, 3.63) is 46.1 Å². The van der Waals surface area contributed by atoms with Crippen LogP contribution in [0.25, 0.3) is 11.3 Å². The fourth-order valence-corrected chi connectivity index (χ4v) is 2.40. The second-order valence-electron chi connectivity index (χ2n) is 4.54. The van der Waals surface area contributed by atoms with Gasteiger partial charge in [0.05, 0.1) is 18.2 Å². The Morgan fingerprint density at radius 2 is 1.70 bits per heavy atom. The molecule has 130 valence electrons. The van der Waals surface area contributed by atoms with Crippen LogP contribution in [0, 0.1) is 0 Å². The Morgan fingerprint density at radius 3 is 2.39 bits per heavy atom. The predicted octanol–water partition coefficient (Wildman–Crippen LogP) is 3.77. The van der Waals surface area contributed by atoms with Gasteiger partial charge in [-0.2, -0.15) is 0 Å². The summed E-state index contributed by atoms with van der Waals surface area (Å²) in [6.45, 7) is 3.02. The number of nitrogens with one attached hydrogen (secondary N) is 2. The van der Waals surface area contributed by atoms with Gasteiger partial charge in [0.15, 0.2) is 0 Å². The molecule has 0 amide bonds. The monoisotopic (exact) mass is 400 g/mol. The van der Waals surface area contributed by atoms with Crippen LogP contribution in [-0.4, -0.2) is 31.3 Å². The maximum atomic E-state index is 8.63. The minimum absolute atomic E-state index is 0. The highest BCUT2D eigenvalue weighted by atomic mass is 35.5. The predicted molar refractivity (Wildman–Crippen MR) is 100 cm³/mol. The van der Waals surface area contributed by atoms with Gasteiger partial charge in [0.2, 0.25) is 0 Å². The van der Waals surface area contributed by atoms with Gasteiger partial charge in [-0.3, -0.25) is 0 Å². The largest absolute Gasteiger partial charge is 0.460 e. The molecule has 0 saturated carbocycles. The third-order valence-electron chi connectivity index (χ3n) is 2.92. The minimum Gasteiger partial charge on any atom is -0.460 e. The highest BCUT2D eigenvalue weighted by Crippen LogP contribution is 2.31. The third-order valence-corrected chi connectivity index (χ3v) is 3.47. The van der Waals surface area contributed by atoms with Gasteiger partial charge in [-0.05, 0) is 30.3 Å². The van der Waals surface area contributed by atoms with E-state index >= 15 is 0 Å². The zero-order valence-corrected chi connectivity index (χ0v) is 15.5. The Balaban J connectivity index is 0.00000242. The van der Waals surface area contributed by atoms with Gasteiger partial charge in [0.1, 0.15) is 11.5 Å². The van der Waals surface area contributed by atoms with Crippen LogP contribution in [-0.2, 0) is 6.54 Å². The highest BCUT2D eigenvalue weighted by Gasteiger charge is 2.09. The van der Waals surface area contributed by atoms with E-state index in [1.807, 2.05) is 18.2 Å². The van der Waals surface area contributed by atoms with Crippen molar-refractivity contribution in [2.45, 2.75) is 6.54 Å². The van der Waals surface area contributed by atoms with Crippen LogP contribution in [0.2, 0.25) is 10.0 Å². The van der Waals surface area contributed by atoms with E-state index in [2.05, 4.69) is 10.6 Å². The number of rotatable bonds is 8. The molecule has 0 radical (unpaired) electrons. The lowest BCUT2D eigenvalue weighted by Crippen LogP contribution is -2.28. The van der Waals surface area contributed by atoms with Crippen LogP contribution in [0.3, 0.4) is 0 Å². The quantitative estimate of drug-likeness (QED) is 0.589. The van der Waals surface area contributed by atoms with Crippen molar-refractivity contribution in [3.8, 4) is 11.3 Å². The van der Waals surface area contributed by atoms with Gasteiger partial charge in [-0.1, -0.05) is 23.2 Å². The Hall–Kier alpha value is -0.460. The summed E-state index contributed by atoms with van der Waals surface area (Å²) in [4.78, 5) is 0. The summed E-state index contributed by atoms with van der Waals surface area (Å²) >= 11 is 12.0. The van der Waals surface area contributed by atoms with Crippen LogP contribution >= 0.6 is 48.0 Å². The second kappa shape index (κ2) is 12.0. The molecule has 1 heterocycles. The van der Waals surface area contributed by atoms with Crippen molar-refractivity contribution < 1.29 is 9.52 Å². The van der Waals surface area contributed by atoms with Crippen LogP contribution in [0.15, 0.2) is 34.7 Å². The molecule has 0 unspecified atom stereocenters. The van der Waals surface area contributed by atoms with Crippen LogP contribution in [0.5, 0.6) is 0 Å². The van der Waals surface area contributed by atoms with Crippen LogP contribution in [0.4, 0.5) is 0 Å². The molecule has 2 rings (SSSR count). The summed E-state index contributed by atoms with van der Waals surface area (Å²) in [7, 11) is 0. The van der Waals surface area contributed by atoms with Crippen LogP contribution in [0.1, 0.15) is 5.76 Å². The van der Waals surface area contributed by atoms with Crippen molar-refractivity contribution in [1.29, 1.82) is 0 Å². The molecule has 23 heavy (non-hydrogen) atoms. The lowest BCUT2D eigenvalue weighted by Gasteiger charge is -2.04. The summed E-state index contributed by atoms with van der Waals surface area (Å²) in [5, 5.41) is 16.2. The number of benzene rings is 1. The molecule has 0 aliphatic rings. The molecule has 0 aliphatic carbocycles. The summed E-state index contributed by atoms with van der Waals surface area (Å²) in [6, 6.07) is 9.16. The first-order chi connectivity index (χ1) is 10.2. The maximum Gasteiger partial charge on any atom is 0.135 e. The molecule has 1 aromatic carbocycles. The maximum absolute atomic E-state index is 8.63. The van der Waals surface area contributed by atoms with Crippen molar-refractivity contribution >= 4 is 48.0 Å². The summed E-state index contributed by atoms with van der Waals surface area (Å²) in [5.74, 6) is 1.57. The van der Waals surface area contributed by atoms with Gasteiger partial charge in [0.25, 0.3) is 0 Å². The Bertz CT molecular complexity index is 578. The molecule has 0 bridgehead atoms. The fraction of sp³-hybridized carbons (Fsp3) is 0.333. The summed E-state index contributed by atoms with van der Waals surface area (Å²) < 4.78 is 5.77. The van der Waals surface area contributed by atoms with Gasteiger partial charge in [-0.25, -0.2) is 0 Å². The molecule has 4 nitrogen and oxygen atoms in total. The zero-order valence-electron chi connectivity index (χ0n) is 12.4. The highest BCUT2D eigenvalue weighted by molar-refractivity contribution is 6.36. The molecule has 0 aliphatic heterocycles. The number of halogens is 4.